The molecule has 0 spiro atoms. The predicted molar refractivity (Wildman–Crippen MR) is 165 cm³/mol. The van der Waals surface area contributed by atoms with Crippen molar-refractivity contribution in [1.82, 2.24) is 9.78 Å². The number of anilines is 3. The first-order valence-electron chi connectivity index (χ1n) is 13.8. The van der Waals surface area contributed by atoms with E-state index in [1.165, 1.54) is 6.20 Å². The zero-order chi connectivity index (χ0) is 30.0. The average molecular weight is 566 g/mol. The molecule has 0 fully saturated rings. The molecule has 5 rings (SSSR count). The number of carbonyl (C=O) groups is 2. The van der Waals surface area contributed by atoms with Crippen molar-refractivity contribution >= 4 is 29.0 Å². The highest BCUT2D eigenvalue weighted by Crippen LogP contribution is 2.41. The van der Waals surface area contributed by atoms with Crippen LogP contribution < -0.4 is 25.4 Å². The van der Waals surface area contributed by atoms with Crippen molar-refractivity contribution < 1.29 is 19.1 Å². The Balaban J connectivity index is 1.58. The molecule has 9 heteroatoms. The van der Waals surface area contributed by atoms with Crippen LogP contribution in [0.5, 0.6) is 11.5 Å². The molecular weight excluding hydrogens is 530 g/mol. The van der Waals surface area contributed by atoms with Crippen LogP contribution in [0.15, 0.2) is 78.1 Å². The third kappa shape index (κ3) is 5.58. The van der Waals surface area contributed by atoms with Crippen molar-refractivity contribution in [3.63, 3.8) is 0 Å². The molecule has 0 aliphatic carbocycles. The smallest absolute Gasteiger partial charge is 0.261 e. The number of methoxy groups -OCH3 is 1. The van der Waals surface area contributed by atoms with Gasteiger partial charge in [-0.3, -0.25) is 9.59 Å². The van der Waals surface area contributed by atoms with Crippen LogP contribution in [0.3, 0.4) is 0 Å². The molecule has 1 aliphatic rings. The summed E-state index contributed by atoms with van der Waals surface area (Å²) in [6.07, 6.45) is 1.52. The Bertz CT molecular complexity index is 1690. The number of ether oxygens (including phenoxy) is 2. The molecular formula is C33H35N5O4. The predicted octanol–water partition coefficient (Wildman–Crippen LogP) is 6.40. The molecule has 0 radical (unpaired) electrons. The van der Waals surface area contributed by atoms with Gasteiger partial charge in [-0.2, -0.15) is 5.10 Å². The number of carbonyl (C=O) groups excluding carboxylic acids is 2. The van der Waals surface area contributed by atoms with E-state index in [0.29, 0.717) is 46.4 Å². The second kappa shape index (κ2) is 11.8. The molecule has 9 nitrogen and oxygen atoms in total. The highest BCUT2D eigenvalue weighted by atomic mass is 16.5. The summed E-state index contributed by atoms with van der Waals surface area (Å²) < 4.78 is 13.0. The Morgan fingerprint density at radius 2 is 1.64 bits per heavy atom. The zero-order valence-electron chi connectivity index (χ0n) is 24.7. The average Bonchev–Trinajstić information content (AvgIpc) is 3.39. The summed E-state index contributed by atoms with van der Waals surface area (Å²) in [7, 11) is 1.58. The topological polar surface area (TPSA) is 107 Å². The number of aromatic nitrogens is 2. The lowest BCUT2D eigenvalue weighted by Gasteiger charge is -2.30. The molecule has 1 atom stereocenters. The number of amides is 2. The monoisotopic (exact) mass is 565 g/mol. The third-order valence-corrected chi connectivity index (χ3v) is 7.26. The van der Waals surface area contributed by atoms with Crippen LogP contribution in [0.2, 0.25) is 0 Å². The van der Waals surface area contributed by atoms with Crippen LogP contribution in [-0.4, -0.2) is 35.3 Å². The molecule has 2 amide bonds. The van der Waals surface area contributed by atoms with Gasteiger partial charge in [-0.1, -0.05) is 41.5 Å². The Morgan fingerprint density at radius 1 is 0.905 bits per heavy atom. The molecule has 4 aromatic rings. The number of nitrogens with one attached hydrogen (secondary N) is 3. The van der Waals surface area contributed by atoms with Gasteiger partial charge in [0.05, 0.1) is 25.5 Å². The lowest BCUT2D eigenvalue weighted by atomic mass is 9.94. The number of rotatable bonds is 8. The van der Waals surface area contributed by atoms with E-state index in [9.17, 15) is 9.59 Å². The molecule has 0 saturated carbocycles. The third-order valence-electron chi connectivity index (χ3n) is 7.26. The Kier molecular flexibility index (Phi) is 8.01. The first kappa shape index (κ1) is 28.5. The van der Waals surface area contributed by atoms with E-state index in [1.807, 2.05) is 95.3 Å². The minimum absolute atomic E-state index is 0.281. The Hall–Kier alpha value is -5.05. The highest BCUT2D eigenvalue weighted by molar-refractivity contribution is 6.09. The molecule has 3 aromatic carbocycles. The van der Waals surface area contributed by atoms with Gasteiger partial charge in [-0.15, -0.1) is 0 Å². The Labute approximate surface area is 245 Å². The summed E-state index contributed by atoms with van der Waals surface area (Å²) >= 11 is 0. The van der Waals surface area contributed by atoms with E-state index >= 15 is 0 Å². The minimum atomic E-state index is -0.655. The van der Waals surface area contributed by atoms with Crippen LogP contribution >= 0.6 is 0 Å². The number of allylic oxidation sites excluding steroid dienone is 1. The molecule has 3 N–H and O–H groups in total. The summed E-state index contributed by atoms with van der Waals surface area (Å²) in [5, 5.41) is 13.9. The van der Waals surface area contributed by atoms with Gasteiger partial charge in [-0.05, 0) is 76.1 Å². The van der Waals surface area contributed by atoms with E-state index < -0.39 is 6.04 Å². The van der Waals surface area contributed by atoms with E-state index in [4.69, 9.17) is 9.47 Å². The summed E-state index contributed by atoms with van der Waals surface area (Å²) in [6.45, 7) is 10.2. The molecule has 0 unspecified atom stereocenters. The first-order valence-corrected chi connectivity index (χ1v) is 13.8. The number of aryl methyl sites for hydroxylation is 3. The van der Waals surface area contributed by atoms with Crippen molar-refractivity contribution in [2.75, 3.05) is 29.7 Å². The molecule has 1 aromatic heterocycles. The molecule has 42 heavy (non-hydrogen) atoms. The van der Waals surface area contributed by atoms with Crippen molar-refractivity contribution in [2.24, 2.45) is 0 Å². The van der Waals surface area contributed by atoms with E-state index in [-0.39, 0.29) is 11.8 Å². The van der Waals surface area contributed by atoms with E-state index in [1.54, 1.807) is 11.8 Å². The van der Waals surface area contributed by atoms with Gasteiger partial charge in [0.1, 0.15) is 17.4 Å². The number of nitrogens with zero attached hydrogens (tertiary/aromatic N) is 2. The molecule has 216 valence electrons. The van der Waals surface area contributed by atoms with Gasteiger partial charge in [0.15, 0.2) is 11.5 Å². The molecule has 0 bridgehead atoms. The van der Waals surface area contributed by atoms with Gasteiger partial charge in [0.2, 0.25) is 0 Å². The lowest BCUT2D eigenvalue weighted by Crippen LogP contribution is -2.32. The van der Waals surface area contributed by atoms with Crippen LogP contribution in [-0.2, 0) is 4.79 Å². The van der Waals surface area contributed by atoms with Crippen molar-refractivity contribution in [1.29, 1.82) is 0 Å². The van der Waals surface area contributed by atoms with Crippen molar-refractivity contribution in [3.05, 3.63) is 106 Å². The second-order valence-corrected chi connectivity index (χ2v) is 10.4. The quantitative estimate of drug-likeness (QED) is 0.228. The standard InChI is InChI=1S/C33H35N5O4/c1-7-42-27-15-11-23(17-28(27)41-6)30-29(33(40)37-26-14-10-20(3)16-21(26)4)22(5)35-31-25(18-34-38(30)31)32(39)36-24-12-8-19(2)9-13-24/h8-18,30,35H,7H2,1-6H3,(H,36,39)(H,37,40)/t30-/m0/s1. The maximum atomic E-state index is 14.0. The second-order valence-electron chi connectivity index (χ2n) is 10.4. The summed E-state index contributed by atoms with van der Waals surface area (Å²) in [6, 6.07) is 18.4. The van der Waals surface area contributed by atoms with Crippen molar-refractivity contribution in [3.8, 4) is 11.5 Å². The number of hydrogen-bond acceptors (Lipinski definition) is 6. The fraction of sp³-hybridized carbons (Fsp3) is 0.242. The van der Waals surface area contributed by atoms with E-state index in [2.05, 4.69) is 21.0 Å². The van der Waals surface area contributed by atoms with Crippen LogP contribution in [0, 0.1) is 20.8 Å². The first-order chi connectivity index (χ1) is 20.2. The molecule has 2 heterocycles. The van der Waals surface area contributed by atoms with E-state index in [0.717, 1.165) is 27.9 Å². The number of fused-ring (bicyclic) bond motifs is 1. The maximum absolute atomic E-state index is 14.0. The van der Waals surface area contributed by atoms with Gasteiger partial charge in [-0.25, -0.2) is 4.68 Å². The fourth-order valence-electron chi connectivity index (χ4n) is 5.13. The van der Waals surface area contributed by atoms with Crippen LogP contribution in [0.25, 0.3) is 0 Å². The van der Waals surface area contributed by atoms with Gasteiger partial charge in [0, 0.05) is 17.1 Å². The van der Waals surface area contributed by atoms with Crippen molar-refractivity contribution in [2.45, 2.75) is 40.7 Å². The number of hydrogen-bond donors (Lipinski definition) is 3. The van der Waals surface area contributed by atoms with Gasteiger partial charge >= 0.3 is 0 Å². The molecule has 1 aliphatic heterocycles. The summed E-state index contributed by atoms with van der Waals surface area (Å²) in [4.78, 5) is 27.3. The maximum Gasteiger partial charge on any atom is 0.261 e. The fourth-order valence-corrected chi connectivity index (χ4v) is 5.13. The summed E-state index contributed by atoms with van der Waals surface area (Å²) in [5.41, 5.74) is 6.72. The largest absolute Gasteiger partial charge is 0.493 e. The minimum Gasteiger partial charge on any atom is -0.493 e. The normalized spacial score (nSPS) is 14.1. The van der Waals surface area contributed by atoms with Crippen LogP contribution in [0.4, 0.5) is 17.2 Å². The zero-order valence-corrected chi connectivity index (χ0v) is 24.7. The van der Waals surface area contributed by atoms with Gasteiger partial charge in [0.25, 0.3) is 11.8 Å². The Morgan fingerprint density at radius 3 is 2.33 bits per heavy atom. The number of benzene rings is 3. The van der Waals surface area contributed by atoms with Crippen LogP contribution in [0.1, 0.15) is 52.5 Å². The molecule has 0 saturated heterocycles. The SMILES string of the molecule is CCOc1ccc([C@H]2C(C(=O)Nc3ccc(C)cc3C)=C(C)Nc3c(C(=O)Nc4ccc(C)cc4)cnn32)cc1OC. The van der Waals surface area contributed by atoms with Gasteiger partial charge < -0.3 is 25.4 Å². The highest BCUT2D eigenvalue weighted by Gasteiger charge is 2.36. The lowest BCUT2D eigenvalue weighted by molar-refractivity contribution is -0.113. The summed E-state index contributed by atoms with van der Waals surface area (Å²) in [5.74, 6) is 1.02.